The predicted molar refractivity (Wildman–Crippen MR) is 118 cm³/mol. The number of carbonyl (C=O) groups excluding carboxylic acids is 1. The second-order valence-electron chi connectivity index (χ2n) is 7.72. The van der Waals surface area contributed by atoms with E-state index in [9.17, 15) is 27.9 Å². The Morgan fingerprint density at radius 1 is 1.29 bits per heavy atom. The van der Waals surface area contributed by atoms with Crippen molar-refractivity contribution >= 4 is 17.4 Å². The van der Waals surface area contributed by atoms with Crippen LogP contribution in [-0.4, -0.2) is 83.1 Å². The van der Waals surface area contributed by atoms with Gasteiger partial charge in [-0.15, -0.1) is 0 Å². The molecule has 3 rings (SSSR count). The number of nitriles is 1. The van der Waals surface area contributed by atoms with Crippen molar-refractivity contribution in [2.75, 3.05) is 56.2 Å². The van der Waals surface area contributed by atoms with Gasteiger partial charge < -0.3 is 25.0 Å². The maximum absolute atomic E-state index is 13.1. The van der Waals surface area contributed by atoms with Crippen molar-refractivity contribution in [1.82, 2.24) is 20.1 Å². The van der Waals surface area contributed by atoms with E-state index in [0.29, 0.717) is 31.7 Å². The molecule has 1 amide bonds. The Kier molecular flexibility index (Phi) is 8.61. The van der Waals surface area contributed by atoms with Crippen molar-refractivity contribution in [1.29, 1.82) is 5.26 Å². The quantitative estimate of drug-likeness (QED) is 0.425. The number of hydrogen-bond acceptors (Lipinski definition) is 9. The molecule has 0 aromatic carbocycles. The Bertz CT molecular complexity index is 1090. The molecule has 0 saturated carbocycles. The number of anilines is 2. The molecule has 0 aliphatic carbocycles. The van der Waals surface area contributed by atoms with Crippen molar-refractivity contribution in [2.24, 2.45) is 0 Å². The molecule has 1 unspecified atom stereocenters. The third-order valence-corrected chi connectivity index (χ3v) is 5.33. The number of nitrogens with one attached hydrogen (secondary N) is 2. The summed E-state index contributed by atoms with van der Waals surface area (Å²) in [5.74, 6) is 0.593. The summed E-state index contributed by atoms with van der Waals surface area (Å²) in [4.78, 5) is 31.9. The topological polar surface area (TPSA) is 147 Å². The number of carbonyl (C=O) groups is 1. The first-order valence-corrected chi connectivity index (χ1v) is 10.7. The van der Waals surface area contributed by atoms with Crippen LogP contribution in [0, 0.1) is 11.3 Å². The highest BCUT2D eigenvalue weighted by atomic mass is 19.4. The lowest BCUT2D eigenvalue weighted by Crippen LogP contribution is -2.49. The van der Waals surface area contributed by atoms with E-state index in [1.54, 1.807) is 22.1 Å². The molecule has 1 saturated heterocycles. The number of aromatic amines is 1. The number of pyridine rings is 1. The number of aliphatic hydroxyl groups excluding tert-OH is 1. The monoisotopic (exact) mass is 495 g/mol. The van der Waals surface area contributed by atoms with Gasteiger partial charge in [0.05, 0.1) is 49.7 Å². The number of amides is 1. The summed E-state index contributed by atoms with van der Waals surface area (Å²) in [5.41, 5.74) is -2.96. The maximum atomic E-state index is 13.1. The van der Waals surface area contributed by atoms with Crippen LogP contribution in [0.1, 0.15) is 17.5 Å². The zero-order valence-electron chi connectivity index (χ0n) is 18.6. The van der Waals surface area contributed by atoms with Gasteiger partial charge in [-0.1, -0.05) is 0 Å². The standard InChI is InChI=1S/C21H24F3N7O4/c22-21(23,24)19-16(11-27-29-20(19)34)28-15(12-32)13-35-8-3-18(33)31-6-4-30(5-7-31)17-2-1-14(9-25)10-26-17/h1-2,10-11,15,32H,3-8,12-13H2,(H2,28,29,34). The molecule has 1 fully saturated rings. The van der Waals surface area contributed by atoms with Gasteiger partial charge >= 0.3 is 6.18 Å². The molecule has 1 atom stereocenters. The van der Waals surface area contributed by atoms with Gasteiger partial charge in [-0.25, -0.2) is 10.1 Å². The van der Waals surface area contributed by atoms with Crippen LogP contribution < -0.4 is 15.8 Å². The van der Waals surface area contributed by atoms with Crippen molar-refractivity contribution in [3.05, 3.63) is 46.0 Å². The third-order valence-electron chi connectivity index (χ3n) is 5.33. The van der Waals surface area contributed by atoms with E-state index in [-0.39, 0.29) is 25.5 Å². The van der Waals surface area contributed by atoms with Gasteiger partial charge in [0.25, 0.3) is 5.56 Å². The van der Waals surface area contributed by atoms with Crippen molar-refractivity contribution < 1.29 is 27.8 Å². The molecule has 2 aromatic rings. The van der Waals surface area contributed by atoms with Crippen LogP contribution in [0.2, 0.25) is 0 Å². The van der Waals surface area contributed by atoms with E-state index in [1.165, 1.54) is 6.20 Å². The minimum absolute atomic E-state index is 0.00809. The van der Waals surface area contributed by atoms with Crippen LogP contribution in [0.5, 0.6) is 0 Å². The number of H-pyrrole nitrogens is 1. The number of aliphatic hydroxyl groups is 1. The first-order valence-electron chi connectivity index (χ1n) is 10.7. The minimum atomic E-state index is -4.91. The first kappa shape index (κ1) is 25.9. The Morgan fingerprint density at radius 3 is 2.63 bits per heavy atom. The highest BCUT2D eigenvalue weighted by Crippen LogP contribution is 2.31. The van der Waals surface area contributed by atoms with Crippen molar-refractivity contribution in [3.63, 3.8) is 0 Å². The summed E-state index contributed by atoms with van der Waals surface area (Å²) < 4.78 is 44.8. The van der Waals surface area contributed by atoms with Crippen LogP contribution in [0.4, 0.5) is 24.7 Å². The molecule has 2 aromatic heterocycles. The number of piperazine rings is 1. The zero-order chi connectivity index (χ0) is 25.4. The molecule has 0 spiro atoms. The molecule has 35 heavy (non-hydrogen) atoms. The second kappa shape index (κ2) is 11.6. The minimum Gasteiger partial charge on any atom is -0.394 e. The molecule has 0 bridgehead atoms. The Morgan fingerprint density at radius 2 is 2.03 bits per heavy atom. The fraction of sp³-hybridized carbons (Fsp3) is 0.476. The molecule has 188 valence electrons. The number of halogens is 3. The van der Waals surface area contributed by atoms with E-state index in [4.69, 9.17) is 10.00 Å². The Hall–Kier alpha value is -3.70. The van der Waals surface area contributed by atoms with Crippen molar-refractivity contribution in [2.45, 2.75) is 18.6 Å². The van der Waals surface area contributed by atoms with Gasteiger partial charge in [-0.2, -0.15) is 23.5 Å². The average molecular weight is 495 g/mol. The number of alkyl halides is 3. The highest BCUT2D eigenvalue weighted by molar-refractivity contribution is 5.76. The number of aromatic nitrogens is 3. The van der Waals surface area contributed by atoms with E-state index in [0.717, 1.165) is 12.0 Å². The number of rotatable bonds is 9. The van der Waals surface area contributed by atoms with Gasteiger partial charge in [0, 0.05) is 32.4 Å². The lowest BCUT2D eigenvalue weighted by molar-refractivity contribution is -0.138. The molecule has 3 N–H and O–H groups in total. The molecular weight excluding hydrogens is 471 g/mol. The predicted octanol–water partition coefficient (Wildman–Crippen LogP) is 0.584. The van der Waals surface area contributed by atoms with E-state index in [2.05, 4.69) is 15.4 Å². The lowest BCUT2D eigenvalue weighted by atomic mass is 10.2. The lowest BCUT2D eigenvalue weighted by Gasteiger charge is -2.35. The van der Waals surface area contributed by atoms with Crippen LogP contribution in [0.15, 0.2) is 29.3 Å². The molecule has 1 aliphatic heterocycles. The summed E-state index contributed by atoms with van der Waals surface area (Å²) in [6.45, 7) is 1.37. The number of hydrogen-bond donors (Lipinski definition) is 3. The van der Waals surface area contributed by atoms with Crippen molar-refractivity contribution in [3.8, 4) is 6.07 Å². The summed E-state index contributed by atoms with van der Waals surface area (Å²) >= 11 is 0. The van der Waals surface area contributed by atoms with Gasteiger partial charge in [-0.05, 0) is 12.1 Å². The van der Waals surface area contributed by atoms with Gasteiger partial charge in [0.1, 0.15) is 17.5 Å². The largest absolute Gasteiger partial charge is 0.423 e. The maximum Gasteiger partial charge on any atom is 0.423 e. The third kappa shape index (κ3) is 6.90. The fourth-order valence-corrected chi connectivity index (χ4v) is 3.52. The van der Waals surface area contributed by atoms with Crippen LogP contribution in [-0.2, 0) is 15.7 Å². The smallest absolute Gasteiger partial charge is 0.394 e. The molecule has 1 aliphatic rings. The van der Waals surface area contributed by atoms with Gasteiger partial charge in [0.2, 0.25) is 5.91 Å². The summed E-state index contributed by atoms with van der Waals surface area (Å²) in [7, 11) is 0. The number of nitrogens with zero attached hydrogens (tertiary/aromatic N) is 5. The summed E-state index contributed by atoms with van der Waals surface area (Å²) in [5, 5.41) is 25.8. The van der Waals surface area contributed by atoms with E-state index >= 15 is 0 Å². The highest BCUT2D eigenvalue weighted by Gasteiger charge is 2.37. The normalized spacial score (nSPS) is 14.9. The van der Waals surface area contributed by atoms with Crippen LogP contribution in [0.25, 0.3) is 0 Å². The molecule has 3 heterocycles. The van der Waals surface area contributed by atoms with Crippen LogP contribution >= 0.6 is 0 Å². The summed E-state index contributed by atoms with van der Waals surface area (Å²) in [6.07, 6.45) is -2.54. The second-order valence-corrected chi connectivity index (χ2v) is 7.72. The molecule has 11 nitrogen and oxygen atoms in total. The van der Waals surface area contributed by atoms with E-state index in [1.807, 2.05) is 11.0 Å². The first-order chi connectivity index (χ1) is 16.7. The summed E-state index contributed by atoms with van der Waals surface area (Å²) in [6, 6.07) is 4.51. The molecule has 0 radical (unpaired) electrons. The Balaban J connectivity index is 1.42. The number of ether oxygens (including phenoxy) is 1. The molecule has 14 heteroatoms. The average Bonchev–Trinajstić information content (AvgIpc) is 2.85. The SMILES string of the molecule is N#Cc1ccc(N2CCN(C(=O)CCOCC(CO)Nc3cn[nH]c(=O)c3C(F)(F)F)CC2)nc1. The van der Waals surface area contributed by atoms with Gasteiger partial charge in [0.15, 0.2) is 0 Å². The van der Waals surface area contributed by atoms with Gasteiger partial charge in [-0.3, -0.25) is 9.59 Å². The Labute approximate surface area is 198 Å². The van der Waals surface area contributed by atoms with Crippen LogP contribution in [0.3, 0.4) is 0 Å². The van der Waals surface area contributed by atoms with E-state index < -0.39 is 35.6 Å². The fourth-order valence-electron chi connectivity index (χ4n) is 3.52. The zero-order valence-corrected chi connectivity index (χ0v) is 18.6. The molecular formula is C21H24F3N7O4.